The Bertz CT molecular complexity index is 626. The molecule has 0 aromatic heterocycles. The molecule has 1 N–H and O–H groups in total. The molecule has 20 heavy (non-hydrogen) atoms. The second-order valence-corrected chi connectivity index (χ2v) is 5.50. The smallest absolute Gasteiger partial charge is 0.148 e. The van der Waals surface area contributed by atoms with Gasteiger partial charge in [0.15, 0.2) is 0 Å². The second-order valence-electron chi connectivity index (χ2n) is 4.65. The van der Waals surface area contributed by atoms with Crippen LogP contribution in [-0.4, -0.2) is 6.54 Å². The molecule has 0 saturated carbocycles. The van der Waals surface area contributed by atoms with E-state index < -0.39 is 11.6 Å². The number of aryl methyl sites for hydroxylation is 1. The van der Waals surface area contributed by atoms with Gasteiger partial charge in [-0.3, -0.25) is 0 Å². The first-order valence-corrected chi connectivity index (χ1v) is 7.28. The fourth-order valence-corrected chi connectivity index (χ4v) is 2.42. The molecule has 0 heterocycles. The standard InChI is InChI=1S/C16H16BrF2N/c1-3-20-9-11-5-4-10(2)12(8-11)15-14(18)7-6-13(17)16(15)19/h4-8,20H,3,9H2,1-2H3. The van der Waals surface area contributed by atoms with Crippen LogP contribution in [0.2, 0.25) is 0 Å². The van der Waals surface area contributed by atoms with E-state index in [4.69, 9.17) is 0 Å². The molecule has 106 valence electrons. The molecule has 0 unspecified atom stereocenters. The lowest BCUT2D eigenvalue weighted by molar-refractivity contribution is 0.585. The molecule has 0 atom stereocenters. The van der Waals surface area contributed by atoms with E-state index in [1.54, 1.807) is 0 Å². The van der Waals surface area contributed by atoms with Crippen LogP contribution in [0.1, 0.15) is 18.1 Å². The van der Waals surface area contributed by atoms with Gasteiger partial charge in [-0.25, -0.2) is 8.78 Å². The summed E-state index contributed by atoms with van der Waals surface area (Å²) in [4.78, 5) is 0. The van der Waals surface area contributed by atoms with Gasteiger partial charge in [-0.2, -0.15) is 0 Å². The topological polar surface area (TPSA) is 12.0 Å². The normalized spacial score (nSPS) is 10.8. The van der Waals surface area contributed by atoms with E-state index in [2.05, 4.69) is 21.2 Å². The maximum absolute atomic E-state index is 14.2. The van der Waals surface area contributed by atoms with E-state index in [1.807, 2.05) is 32.0 Å². The molecule has 0 aliphatic rings. The molecule has 0 amide bonds. The van der Waals surface area contributed by atoms with Crippen molar-refractivity contribution in [3.63, 3.8) is 0 Å². The number of hydrogen-bond donors (Lipinski definition) is 1. The van der Waals surface area contributed by atoms with Crippen LogP contribution in [0.4, 0.5) is 8.78 Å². The van der Waals surface area contributed by atoms with E-state index in [1.165, 1.54) is 12.1 Å². The van der Waals surface area contributed by atoms with Crippen molar-refractivity contribution in [2.24, 2.45) is 0 Å². The first kappa shape index (κ1) is 15.1. The highest BCUT2D eigenvalue weighted by Crippen LogP contribution is 2.33. The predicted molar refractivity (Wildman–Crippen MR) is 81.6 cm³/mol. The summed E-state index contributed by atoms with van der Waals surface area (Å²) < 4.78 is 28.5. The Kier molecular flexibility index (Phi) is 4.89. The first-order chi connectivity index (χ1) is 9.54. The lowest BCUT2D eigenvalue weighted by atomic mass is 9.97. The van der Waals surface area contributed by atoms with E-state index >= 15 is 0 Å². The van der Waals surface area contributed by atoms with Gasteiger partial charge in [-0.05, 0) is 64.3 Å². The summed E-state index contributed by atoms with van der Waals surface area (Å²) >= 11 is 3.11. The zero-order valence-electron chi connectivity index (χ0n) is 11.4. The van der Waals surface area contributed by atoms with Crippen molar-refractivity contribution in [1.82, 2.24) is 5.32 Å². The molecule has 4 heteroatoms. The number of rotatable bonds is 4. The molecule has 0 fully saturated rings. The Labute approximate surface area is 126 Å². The highest BCUT2D eigenvalue weighted by atomic mass is 79.9. The first-order valence-electron chi connectivity index (χ1n) is 6.48. The van der Waals surface area contributed by atoms with Gasteiger partial charge in [-0.1, -0.05) is 19.1 Å². The summed E-state index contributed by atoms with van der Waals surface area (Å²) in [5.74, 6) is -1.11. The van der Waals surface area contributed by atoms with Crippen LogP contribution < -0.4 is 5.32 Å². The van der Waals surface area contributed by atoms with Crippen LogP contribution in [0.15, 0.2) is 34.8 Å². The molecule has 0 aliphatic heterocycles. The van der Waals surface area contributed by atoms with Gasteiger partial charge in [-0.15, -0.1) is 0 Å². The van der Waals surface area contributed by atoms with Crippen LogP contribution in [-0.2, 0) is 6.54 Å². The predicted octanol–water partition coefficient (Wildman–Crippen LogP) is 4.81. The monoisotopic (exact) mass is 339 g/mol. The highest BCUT2D eigenvalue weighted by molar-refractivity contribution is 9.10. The summed E-state index contributed by atoms with van der Waals surface area (Å²) in [6.07, 6.45) is 0. The molecule has 0 aliphatic carbocycles. The Balaban J connectivity index is 2.54. The maximum Gasteiger partial charge on any atom is 0.148 e. The van der Waals surface area contributed by atoms with Gasteiger partial charge < -0.3 is 5.32 Å². The molecular weight excluding hydrogens is 324 g/mol. The van der Waals surface area contributed by atoms with Crippen molar-refractivity contribution < 1.29 is 8.78 Å². The van der Waals surface area contributed by atoms with E-state index in [0.29, 0.717) is 12.1 Å². The van der Waals surface area contributed by atoms with Crippen LogP contribution in [0.5, 0.6) is 0 Å². The summed E-state index contributed by atoms with van der Waals surface area (Å²) in [6.45, 7) is 5.40. The summed E-state index contributed by atoms with van der Waals surface area (Å²) in [7, 11) is 0. The average Bonchev–Trinajstić information content (AvgIpc) is 2.44. The van der Waals surface area contributed by atoms with Gasteiger partial charge in [0.05, 0.1) is 10.0 Å². The van der Waals surface area contributed by atoms with Crippen LogP contribution in [0, 0.1) is 18.6 Å². The third-order valence-corrected chi connectivity index (χ3v) is 3.81. The van der Waals surface area contributed by atoms with E-state index in [9.17, 15) is 8.78 Å². The molecule has 0 spiro atoms. The molecule has 0 bridgehead atoms. The zero-order chi connectivity index (χ0) is 14.7. The van der Waals surface area contributed by atoms with E-state index in [0.717, 1.165) is 17.7 Å². The van der Waals surface area contributed by atoms with Crippen molar-refractivity contribution >= 4 is 15.9 Å². The lowest BCUT2D eigenvalue weighted by Crippen LogP contribution is -2.11. The van der Waals surface area contributed by atoms with E-state index in [-0.39, 0.29) is 10.0 Å². The van der Waals surface area contributed by atoms with Gasteiger partial charge in [0, 0.05) is 6.54 Å². The molecule has 2 aromatic carbocycles. The lowest BCUT2D eigenvalue weighted by Gasteiger charge is -2.12. The van der Waals surface area contributed by atoms with Gasteiger partial charge in [0.25, 0.3) is 0 Å². The van der Waals surface area contributed by atoms with Crippen molar-refractivity contribution in [2.75, 3.05) is 6.54 Å². The van der Waals surface area contributed by atoms with Gasteiger partial charge in [0.1, 0.15) is 11.6 Å². The third kappa shape index (κ3) is 3.07. The number of halogens is 3. The van der Waals surface area contributed by atoms with Crippen molar-refractivity contribution in [3.05, 3.63) is 57.6 Å². The molecule has 0 radical (unpaired) electrons. The Morgan fingerprint density at radius 1 is 1.15 bits per heavy atom. The number of nitrogens with one attached hydrogen (secondary N) is 1. The molecule has 1 nitrogen and oxygen atoms in total. The van der Waals surface area contributed by atoms with Crippen LogP contribution in [0.3, 0.4) is 0 Å². The van der Waals surface area contributed by atoms with Crippen molar-refractivity contribution in [1.29, 1.82) is 0 Å². The minimum absolute atomic E-state index is 0.0234. The maximum atomic E-state index is 14.2. The largest absolute Gasteiger partial charge is 0.313 e. The average molecular weight is 340 g/mol. The van der Waals surface area contributed by atoms with Crippen LogP contribution in [0.25, 0.3) is 11.1 Å². The minimum Gasteiger partial charge on any atom is -0.313 e. The summed E-state index contributed by atoms with van der Waals surface area (Å²) in [5.41, 5.74) is 2.47. The van der Waals surface area contributed by atoms with Gasteiger partial charge >= 0.3 is 0 Å². The number of benzene rings is 2. The zero-order valence-corrected chi connectivity index (χ0v) is 13.0. The van der Waals surface area contributed by atoms with Crippen molar-refractivity contribution in [3.8, 4) is 11.1 Å². The molecule has 2 aromatic rings. The Hall–Kier alpha value is -1.26. The molecule has 2 rings (SSSR count). The quantitative estimate of drug-likeness (QED) is 0.788. The third-order valence-electron chi connectivity index (χ3n) is 3.19. The number of hydrogen-bond acceptors (Lipinski definition) is 1. The molecular formula is C16H16BrF2N. The summed E-state index contributed by atoms with van der Waals surface area (Å²) in [5, 5.41) is 3.21. The van der Waals surface area contributed by atoms with Crippen molar-refractivity contribution in [2.45, 2.75) is 20.4 Å². The Morgan fingerprint density at radius 3 is 2.60 bits per heavy atom. The molecule has 0 saturated heterocycles. The van der Waals surface area contributed by atoms with Crippen LogP contribution >= 0.6 is 15.9 Å². The highest BCUT2D eigenvalue weighted by Gasteiger charge is 2.16. The van der Waals surface area contributed by atoms with Gasteiger partial charge in [0.2, 0.25) is 0 Å². The Morgan fingerprint density at radius 2 is 1.90 bits per heavy atom. The fraction of sp³-hybridized carbons (Fsp3) is 0.250. The minimum atomic E-state index is -0.561. The SMILES string of the molecule is CCNCc1ccc(C)c(-c2c(F)ccc(Br)c2F)c1. The second kappa shape index (κ2) is 6.46. The summed E-state index contributed by atoms with van der Waals surface area (Å²) in [6, 6.07) is 8.36. The fourth-order valence-electron chi connectivity index (χ4n) is 2.09.